The normalized spacial score (nSPS) is 12.7. The highest BCUT2D eigenvalue weighted by atomic mass is 16.5. The maximum atomic E-state index is 12.2. The van der Waals surface area contributed by atoms with Crippen molar-refractivity contribution in [3.63, 3.8) is 0 Å². The first-order chi connectivity index (χ1) is 9.21. The Morgan fingerprint density at radius 1 is 0.842 bits per heavy atom. The summed E-state index contributed by atoms with van der Waals surface area (Å²) >= 11 is 0. The summed E-state index contributed by atoms with van der Waals surface area (Å²) in [5.74, 6) is 0.719. The predicted molar refractivity (Wildman–Crippen MR) is 82.2 cm³/mol. The third-order valence-corrected chi connectivity index (χ3v) is 3.88. The highest BCUT2D eigenvalue weighted by molar-refractivity contribution is 5.72. The number of rotatable bonds is 12. The highest BCUT2D eigenvalue weighted by Gasteiger charge is 2.28. The highest BCUT2D eigenvalue weighted by Crippen LogP contribution is 2.29. The van der Waals surface area contributed by atoms with Crippen LogP contribution in [0.15, 0.2) is 0 Å². The van der Waals surface area contributed by atoms with E-state index in [0.29, 0.717) is 12.5 Å². The average Bonchev–Trinajstić information content (AvgIpc) is 2.41. The van der Waals surface area contributed by atoms with Crippen LogP contribution in [0.1, 0.15) is 85.5 Å². The van der Waals surface area contributed by atoms with Gasteiger partial charge in [-0.1, -0.05) is 59.3 Å². The van der Waals surface area contributed by atoms with E-state index >= 15 is 0 Å². The molecule has 0 spiro atoms. The number of carbonyl (C=O) groups is 1. The Hall–Kier alpha value is -0.530. The SMILES string of the molecule is CCCCC(CCCC)C(CCCC)C(=O)OCC. The van der Waals surface area contributed by atoms with E-state index in [4.69, 9.17) is 4.74 Å². The van der Waals surface area contributed by atoms with E-state index in [0.717, 1.165) is 19.3 Å². The summed E-state index contributed by atoms with van der Waals surface area (Å²) in [6, 6.07) is 0. The average molecular weight is 270 g/mol. The molecule has 0 amide bonds. The Labute approximate surface area is 120 Å². The molecule has 0 rings (SSSR count). The van der Waals surface area contributed by atoms with Crippen LogP contribution in [0.4, 0.5) is 0 Å². The van der Waals surface area contributed by atoms with Crippen molar-refractivity contribution < 1.29 is 9.53 Å². The van der Waals surface area contributed by atoms with Crippen molar-refractivity contribution in [3.05, 3.63) is 0 Å². The van der Waals surface area contributed by atoms with Crippen molar-refractivity contribution in [2.24, 2.45) is 11.8 Å². The van der Waals surface area contributed by atoms with Gasteiger partial charge < -0.3 is 4.74 Å². The van der Waals surface area contributed by atoms with Crippen molar-refractivity contribution in [3.8, 4) is 0 Å². The monoisotopic (exact) mass is 270 g/mol. The quantitative estimate of drug-likeness (QED) is 0.447. The summed E-state index contributed by atoms with van der Waals surface area (Å²) in [6.45, 7) is 9.05. The van der Waals surface area contributed by atoms with Crippen LogP contribution in [-0.2, 0) is 9.53 Å². The molecule has 0 bridgehead atoms. The zero-order chi connectivity index (χ0) is 14.5. The Morgan fingerprint density at radius 2 is 1.32 bits per heavy atom. The lowest BCUT2D eigenvalue weighted by atomic mass is 9.81. The fraction of sp³-hybridized carbons (Fsp3) is 0.941. The smallest absolute Gasteiger partial charge is 0.309 e. The van der Waals surface area contributed by atoms with Crippen molar-refractivity contribution in [2.45, 2.75) is 85.5 Å². The van der Waals surface area contributed by atoms with Crippen LogP contribution < -0.4 is 0 Å². The lowest BCUT2D eigenvalue weighted by Crippen LogP contribution is -2.26. The first-order valence-corrected chi connectivity index (χ1v) is 8.37. The van der Waals surface area contributed by atoms with E-state index < -0.39 is 0 Å². The Balaban J connectivity index is 4.61. The van der Waals surface area contributed by atoms with E-state index in [1.165, 1.54) is 38.5 Å². The molecule has 0 fully saturated rings. The standard InChI is InChI=1S/C17H34O2/c1-5-9-12-15(13-10-6-2)16(14-11-7-3)17(18)19-8-4/h15-16H,5-14H2,1-4H3. The van der Waals surface area contributed by atoms with Crippen molar-refractivity contribution in [2.75, 3.05) is 6.61 Å². The number of carbonyl (C=O) groups excluding carboxylic acids is 1. The Kier molecular flexibility index (Phi) is 12.2. The fourth-order valence-electron chi connectivity index (χ4n) is 2.70. The topological polar surface area (TPSA) is 26.3 Å². The molecule has 0 N–H and O–H groups in total. The molecule has 0 radical (unpaired) electrons. The number of ether oxygens (including phenoxy) is 1. The Bertz CT molecular complexity index is 205. The molecule has 2 nitrogen and oxygen atoms in total. The van der Waals surface area contributed by atoms with E-state index in [1.54, 1.807) is 0 Å². The van der Waals surface area contributed by atoms with Gasteiger partial charge in [-0.2, -0.15) is 0 Å². The molecule has 0 saturated heterocycles. The molecule has 0 heterocycles. The van der Waals surface area contributed by atoms with Gasteiger partial charge in [-0.25, -0.2) is 0 Å². The third kappa shape index (κ3) is 8.28. The minimum atomic E-state index is 0.0492. The van der Waals surface area contributed by atoms with Crippen LogP contribution in [0.2, 0.25) is 0 Å². The minimum absolute atomic E-state index is 0.0492. The first kappa shape index (κ1) is 18.5. The molecule has 0 aromatic rings. The molecule has 114 valence electrons. The summed E-state index contributed by atoms with van der Waals surface area (Å²) in [5, 5.41) is 0. The molecule has 2 heteroatoms. The summed E-state index contributed by atoms with van der Waals surface area (Å²) in [4.78, 5) is 12.2. The molecule has 0 aromatic heterocycles. The van der Waals surface area contributed by atoms with Gasteiger partial charge in [0.15, 0.2) is 0 Å². The zero-order valence-corrected chi connectivity index (χ0v) is 13.5. The molecule has 0 saturated carbocycles. The molecular formula is C17H34O2. The van der Waals surface area contributed by atoms with Gasteiger partial charge in [0.2, 0.25) is 0 Å². The largest absolute Gasteiger partial charge is 0.466 e. The summed E-state index contributed by atoms with van der Waals surface area (Å²) < 4.78 is 5.30. The summed E-state index contributed by atoms with van der Waals surface area (Å²) in [5.41, 5.74) is 0. The second kappa shape index (κ2) is 12.5. The van der Waals surface area contributed by atoms with Crippen LogP contribution >= 0.6 is 0 Å². The van der Waals surface area contributed by atoms with Crippen LogP contribution in [0.3, 0.4) is 0 Å². The van der Waals surface area contributed by atoms with Crippen LogP contribution in [0.25, 0.3) is 0 Å². The van der Waals surface area contributed by atoms with E-state index in [-0.39, 0.29) is 11.9 Å². The van der Waals surface area contributed by atoms with Crippen molar-refractivity contribution in [1.82, 2.24) is 0 Å². The van der Waals surface area contributed by atoms with Gasteiger partial charge in [0.05, 0.1) is 12.5 Å². The third-order valence-electron chi connectivity index (χ3n) is 3.88. The molecule has 0 aliphatic carbocycles. The van der Waals surface area contributed by atoms with Gasteiger partial charge in [-0.3, -0.25) is 4.79 Å². The number of esters is 1. The van der Waals surface area contributed by atoms with Crippen molar-refractivity contribution >= 4 is 5.97 Å². The van der Waals surface area contributed by atoms with Gasteiger partial charge in [0.25, 0.3) is 0 Å². The second-order valence-electron chi connectivity index (χ2n) is 5.55. The first-order valence-electron chi connectivity index (χ1n) is 8.37. The predicted octanol–water partition coefficient (Wildman–Crippen LogP) is 5.35. The van der Waals surface area contributed by atoms with Gasteiger partial charge in [0, 0.05) is 0 Å². The molecule has 0 aliphatic rings. The molecule has 1 unspecified atom stereocenters. The summed E-state index contributed by atoms with van der Waals surface area (Å²) in [7, 11) is 0. The lowest BCUT2D eigenvalue weighted by molar-refractivity contribution is -0.150. The van der Waals surface area contributed by atoms with Gasteiger partial charge in [-0.15, -0.1) is 0 Å². The van der Waals surface area contributed by atoms with E-state index in [9.17, 15) is 4.79 Å². The molecule has 19 heavy (non-hydrogen) atoms. The molecule has 1 atom stereocenters. The van der Waals surface area contributed by atoms with Crippen LogP contribution in [0, 0.1) is 11.8 Å². The van der Waals surface area contributed by atoms with Gasteiger partial charge >= 0.3 is 5.97 Å². The maximum Gasteiger partial charge on any atom is 0.309 e. The van der Waals surface area contributed by atoms with Crippen LogP contribution in [0.5, 0.6) is 0 Å². The summed E-state index contributed by atoms with van der Waals surface area (Å²) in [6.07, 6.45) is 10.6. The number of hydrogen-bond acceptors (Lipinski definition) is 2. The Morgan fingerprint density at radius 3 is 1.74 bits per heavy atom. The number of unbranched alkanes of at least 4 members (excludes halogenated alkanes) is 3. The van der Waals surface area contributed by atoms with E-state index in [1.807, 2.05) is 6.92 Å². The fourth-order valence-corrected chi connectivity index (χ4v) is 2.70. The molecule has 0 aliphatic heterocycles. The molecule has 0 aromatic carbocycles. The maximum absolute atomic E-state index is 12.2. The zero-order valence-electron chi connectivity index (χ0n) is 13.5. The molecular weight excluding hydrogens is 236 g/mol. The second-order valence-corrected chi connectivity index (χ2v) is 5.55. The van der Waals surface area contributed by atoms with Crippen LogP contribution in [-0.4, -0.2) is 12.6 Å². The van der Waals surface area contributed by atoms with E-state index in [2.05, 4.69) is 20.8 Å². The van der Waals surface area contributed by atoms with Gasteiger partial charge in [-0.05, 0) is 32.1 Å². The van der Waals surface area contributed by atoms with Crippen molar-refractivity contribution in [1.29, 1.82) is 0 Å². The lowest BCUT2D eigenvalue weighted by Gasteiger charge is -2.25. The van der Waals surface area contributed by atoms with Gasteiger partial charge in [0.1, 0.15) is 0 Å². The minimum Gasteiger partial charge on any atom is -0.466 e. The number of hydrogen-bond donors (Lipinski definition) is 0.